The second-order valence-electron chi connectivity index (χ2n) is 7.33. The Balaban J connectivity index is 1.49. The molecule has 2 saturated heterocycles. The van der Waals surface area contributed by atoms with E-state index in [1.807, 2.05) is 18.7 Å². The van der Waals surface area contributed by atoms with Crippen LogP contribution in [0, 0.1) is 5.41 Å². The lowest BCUT2D eigenvalue weighted by molar-refractivity contribution is -0.190. The van der Waals surface area contributed by atoms with Crippen LogP contribution < -0.4 is 0 Å². The lowest BCUT2D eigenvalue weighted by Gasteiger charge is -2.55. The highest BCUT2D eigenvalue weighted by molar-refractivity contribution is 5.78. The smallest absolute Gasteiger partial charge is 0.236 e. The van der Waals surface area contributed by atoms with Gasteiger partial charge in [0.25, 0.3) is 0 Å². The number of carbonyl (C=O) groups is 1. The molecule has 1 saturated carbocycles. The van der Waals surface area contributed by atoms with Crippen molar-refractivity contribution in [1.82, 2.24) is 9.80 Å². The Labute approximate surface area is 132 Å². The van der Waals surface area contributed by atoms with E-state index in [0.29, 0.717) is 26.1 Å². The molecule has 126 valence electrons. The maximum absolute atomic E-state index is 12.5. The third kappa shape index (κ3) is 2.89. The van der Waals surface area contributed by atoms with E-state index in [0.717, 1.165) is 25.9 Å². The topological polar surface area (TPSA) is 73.2 Å². The number of aliphatic hydroxyl groups is 2. The molecule has 6 heteroatoms. The van der Waals surface area contributed by atoms with Crippen LogP contribution >= 0.6 is 0 Å². The van der Waals surface area contributed by atoms with E-state index in [-0.39, 0.29) is 35.7 Å². The van der Waals surface area contributed by atoms with Crippen LogP contribution in [-0.2, 0) is 9.53 Å². The first-order valence-corrected chi connectivity index (χ1v) is 8.42. The van der Waals surface area contributed by atoms with Crippen molar-refractivity contribution in [2.75, 3.05) is 32.7 Å². The number of aliphatic hydroxyl groups excluding tert-OH is 2. The number of likely N-dealkylation sites (tertiary alicyclic amines) is 1. The molecule has 4 unspecified atom stereocenters. The zero-order valence-electron chi connectivity index (χ0n) is 13.6. The summed E-state index contributed by atoms with van der Waals surface area (Å²) in [5, 5.41) is 19.9. The number of nitrogens with zero attached hydrogens (tertiary/aromatic N) is 2. The van der Waals surface area contributed by atoms with Gasteiger partial charge in [-0.25, -0.2) is 0 Å². The molecule has 1 amide bonds. The van der Waals surface area contributed by atoms with Crippen molar-refractivity contribution < 1.29 is 19.7 Å². The molecule has 22 heavy (non-hydrogen) atoms. The minimum atomic E-state index is -0.374. The molecule has 2 heterocycles. The van der Waals surface area contributed by atoms with Gasteiger partial charge in [0, 0.05) is 24.9 Å². The summed E-state index contributed by atoms with van der Waals surface area (Å²) in [5.74, 6) is 0.160. The molecule has 2 aliphatic heterocycles. The summed E-state index contributed by atoms with van der Waals surface area (Å²) >= 11 is 0. The van der Waals surface area contributed by atoms with Crippen molar-refractivity contribution in [3.05, 3.63) is 0 Å². The van der Waals surface area contributed by atoms with E-state index in [1.54, 1.807) is 0 Å². The SMILES string of the molecule is CC1CN(C(=O)CN2CCC3(CC2)C(O)CC3O)CC(C)O1. The molecule has 0 radical (unpaired) electrons. The lowest BCUT2D eigenvalue weighted by atomic mass is 9.58. The Morgan fingerprint density at radius 2 is 1.68 bits per heavy atom. The standard InChI is InChI=1S/C16H28N2O4/c1-11-8-18(9-12(2)22-11)15(21)10-17-5-3-16(4-6-17)13(19)7-14(16)20/h11-14,19-20H,3-10H2,1-2H3. The number of morpholine rings is 1. The van der Waals surface area contributed by atoms with E-state index in [1.165, 1.54) is 0 Å². The molecule has 3 rings (SSSR count). The Morgan fingerprint density at radius 3 is 2.18 bits per heavy atom. The summed E-state index contributed by atoms with van der Waals surface area (Å²) in [5.41, 5.74) is -0.304. The predicted octanol–water partition coefficient (Wildman–Crippen LogP) is -0.170. The predicted molar refractivity (Wildman–Crippen MR) is 81.3 cm³/mol. The van der Waals surface area contributed by atoms with E-state index < -0.39 is 0 Å². The third-order valence-electron chi connectivity index (χ3n) is 5.69. The molecule has 4 atom stereocenters. The molecule has 0 aromatic carbocycles. The Kier molecular flexibility index (Phi) is 4.47. The van der Waals surface area contributed by atoms with E-state index in [4.69, 9.17) is 4.74 Å². The zero-order chi connectivity index (χ0) is 15.9. The number of hydrogen-bond donors (Lipinski definition) is 2. The van der Waals surface area contributed by atoms with Crippen LogP contribution in [0.5, 0.6) is 0 Å². The summed E-state index contributed by atoms with van der Waals surface area (Å²) in [6.07, 6.45) is 1.50. The molecule has 0 aromatic rings. The molecule has 3 aliphatic rings. The zero-order valence-corrected chi connectivity index (χ0v) is 13.6. The van der Waals surface area contributed by atoms with Gasteiger partial charge in [0.15, 0.2) is 0 Å². The number of carbonyl (C=O) groups excluding carboxylic acids is 1. The first-order chi connectivity index (χ1) is 10.4. The van der Waals surface area contributed by atoms with Crippen LogP contribution in [0.3, 0.4) is 0 Å². The minimum absolute atomic E-state index is 0.0950. The van der Waals surface area contributed by atoms with Gasteiger partial charge in [-0.05, 0) is 39.8 Å². The normalized spacial score (nSPS) is 38.8. The van der Waals surface area contributed by atoms with Gasteiger partial charge >= 0.3 is 0 Å². The Morgan fingerprint density at radius 1 is 1.14 bits per heavy atom. The number of hydrogen-bond acceptors (Lipinski definition) is 5. The summed E-state index contributed by atoms with van der Waals surface area (Å²) in [6, 6.07) is 0. The maximum Gasteiger partial charge on any atom is 0.236 e. The van der Waals surface area contributed by atoms with Crippen molar-refractivity contribution in [2.24, 2.45) is 5.41 Å². The number of amides is 1. The summed E-state index contributed by atoms with van der Waals surface area (Å²) in [4.78, 5) is 16.5. The van der Waals surface area contributed by atoms with Gasteiger partial charge in [-0.15, -0.1) is 0 Å². The summed E-state index contributed by atoms with van der Waals surface area (Å²) in [6.45, 7) is 7.31. The molecular weight excluding hydrogens is 284 g/mol. The molecule has 0 bridgehead atoms. The molecule has 3 fully saturated rings. The third-order valence-corrected chi connectivity index (χ3v) is 5.69. The first-order valence-electron chi connectivity index (χ1n) is 8.42. The second kappa shape index (κ2) is 6.07. The van der Waals surface area contributed by atoms with Crippen LogP contribution in [0.2, 0.25) is 0 Å². The van der Waals surface area contributed by atoms with Crippen LogP contribution in [0.25, 0.3) is 0 Å². The van der Waals surface area contributed by atoms with Crippen LogP contribution in [-0.4, -0.2) is 83.1 Å². The number of piperidine rings is 1. The Bertz CT molecular complexity index is 402. The minimum Gasteiger partial charge on any atom is -0.392 e. The average molecular weight is 312 g/mol. The highest BCUT2D eigenvalue weighted by Crippen LogP contribution is 2.49. The van der Waals surface area contributed by atoms with Crippen molar-refractivity contribution >= 4 is 5.91 Å². The molecule has 6 nitrogen and oxygen atoms in total. The monoisotopic (exact) mass is 312 g/mol. The fourth-order valence-corrected chi connectivity index (χ4v) is 4.21. The van der Waals surface area contributed by atoms with Gasteiger partial charge in [0.2, 0.25) is 5.91 Å². The molecular formula is C16H28N2O4. The van der Waals surface area contributed by atoms with E-state index >= 15 is 0 Å². The maximum atomic E-state index is 12.5. The largest absolute Gasteiger partial charge is 0.392 e. The number of ether oxygens (including phenoxy) is 1. The summed E-state index contributed by atoms with van der Waals surface area (Å²) < 4.78 is 5.67. The van der Waals surface area contributed by atoms with Crippen LogP contribution in [0.1, 0.15) is 33.1 Å². The first kappa shape index (κ1) is 16.2. The quantitative estimate of drug-likeness (QED) is 0.741. The fraction of sp³-hybridized carbons (Fsp3) is 0.938. The Hall–Kier alpha value is -0.690. The number of rotatable bonds is 2. The van der Waals surface area contributed by atoms with Crippen molar-refractivity contribution in [1.29, 1.82) is 0 Å². The molecule has 0 aromatic heterocycles. The van der Waals surface area contributed by atoms with Gasteiger partial charge in [0.05, 0.1) is 31.0 Å². The van der Waals surface area contributed by atoms with Crippen molar-refractivity contribution in [2.45, 2.75) is 57.5 Å². The summed E-state index contributed by atoms with van der Waals surface area (Å²) in [7, 11) is 0. The van der Waals surface area contributed by atoms with E-state index in [9.17, 15) is 15.0 Å². The molecule has 2 N–H and O–H groups in total. The fourth-order valence-electron chi connectivity index (χ4n) is 4.21. The highest BCUT2D eigenvalue weighted by Gasteiger charge is 2.54. The van der Waals surface area contributed by atoms with Gasteiger partial charge in [-0.1, -0.05) is 0 Å². The second-order valence-corrected chi connectivity index (χ2v) is 7.33. The van der Waals surface area contributed by atoms with Crippen molar-refractivity contribution in [3.8, 4) is 0 Å². The van der Waals surface area contributed by atoms with Crippen LogP contribution in [0.15, 0.2) is 0 Å². The van der Waals surface area contributed by atoms with Gasteiger partial charge < -0.3 is 19.8 Å². The molecule has 1 spiro atoms. The van der Waals surface area contributed by atoms with Crippen molar-refractivity contribution in [3.63, 3.8) is 0 Å². The highest BCUT2D eigenvalue weighted by atomic mass is 16.5. The van der Waals surface area contributed by atoms with Gasteiger partial charge in [-0.3, -0.25) is 9.69 Å². The van der Waals surface area contributed by atoms with Crippen LogP contribution in [0.4, 0.5) is 0 Å². The average Bonchev–Trinajstić information content (AvgIpc) is 2.47. The van der Waals surface area contributed by atoms with Gasteiger partial charge in [-0.2, -0.15) is 0 Å². The molecule has 1 aliphatic carbocycles. The van der Waals surface area contributed by atoms with E-state index in [2.05, 4.69) is 4.90 Å². The lowest BCUT2D eigenvalue weighted by Crippen LogP contribution is -2.62. The van der Waals surface area contributed by atoms with Gasteiger partial charge in [0.1, 0.15) is 0 Å².